The molecule has 0 atom stereocenters. The lowest BCUT2D eigenvalue weighted by atomic mass is 9.78. The van der Waals surface area contributed by atoms with Crippen LogP contribution in [0.5, 0.6) is 0 Å². The van der Waals surface area contributed by atoms with Gasteiger partial charge in [-0.1, -0.05) is 26.7 Å². The van der Waals surface area contributed by atoms with Crippen molar-refractivity contribution in [1.29, 1.82) is 0 Å². The Bertz CT molecular complexity index is 246. The number of nitrogens with zero attached hydrogens (tertiary/aromatic N) is 1. The summed E-state index contributed by atoms with van der Waals surface area (Å²) in [5.74, 6) is 0.833. The van der Waals surface area contributed by atoms with Gasteiger partial charge < -0.3 is 10.2 Å². The van der Waals surface area contributed by atoms with Crippen LogP contribution in [0.1, 0.15) is 66.7 Å². The number of hydrogen-bond acceptors (Lipinski definition) is 2. The topological polar surface area (TPSA) is 15.3 Å². The molecule has 114 valence electrons. The molecule has 1 rings (SSSR count). The smallest absolute Gasteiger partial charge is 0.0104 e. The summed E-state index contributed by atoms with van der Waals surface area (Å²) in [4.78, 5) is 2.55. The van der Waals surface area contributed by atoms with E-state index in [0.29, 0.717) is 5.41 Å². The molecule has 2 heteroatoms. The van der Waals surface area contributed by atoms with Crippen molar-refractivity contribution < 1.29 is 0 Å². The van der Waals surface area contributed by atoms with Gasteiger partial charge in [0.25, 0.3) is 0 Å². The minimum Gasteiger partial charge on any atom is -0.311 e. The first-order chi connectivity index (χ1) is 8.72. The minimum atomic E-state index is 0.240. The maximum atomic E-state index is 3.59. The van der Waals surface area contributed by atoms with Crippen LogP contribution in [0.2, 0.25) is 0 Å². The minimum absolute atomic E-state index is 0.240. The number of nitrogens with one attached hydrogen (secondary N) is 1. The fourth-order valence-electron chi connectivity index (χ4n) is 3.69. The highest BCUT2D eigenvalue weighted by Crippen LogP contribution is 2.43. The van der Waals surface area contributed by atoms with Crippen LogP contribution in [0.4, 0.5) is 0 Å². The van der Waals surface area contributed by atoms with Crippen molar-refractivity contribution in [2.24, 2.45) is 11.3 Å². The predicted molar refractivity (Wildman–Crippen MR) is 85.6 cm³/mol. The van der Waals surface area contributed by atoms with E-state index < -0.39 is 0 Å². The van der Waals surface area contributed by atoms with Crippen molar-refractivity contribution >= 4 is 0 Å². The molecular formula is C17H36N2. The average Bonchev–Trinajstić information content (AvgIpc) is 2.62. The molecule has 0 spiro atoms. The summed E-state index contributed by atoms with van der Waals surface area (Å²) in [6.45, 7) is 15.0. The Morgan fingerprint density at radius 3 is 2.21 bits per heavy atom. The lowest BCUT2D eigenvalue weighted by molar-refractivity contribution is 0.146. The lowest BCUT2D eigenvalue weighted by Crippen LogP contribution is -2.43. The first kappa shape index (κ1) is 17.0. The van der Waals surface area contributed by atoms with Crippen molar-refractivity contribution in [3.8, 4) is 0 Å². The standard InChI is InChI=1S/C17H36N2/c1-15(2)13-17(9-7-8-10-17)14-19(6)12-11-18-16(3,4)5/h15,18H,7-14H2,1-6H3. The highest BCUT2D eigenvalue weighted by Gasteiger charge is 2.35. The number of likely N-dealkylation sites (N-methyl/N-ethyl adjacent to an activating group) is 1. The molecular weight excluding hydrogens is 232 g/mol. The van der Waals surface area contributed by atoms with Crippen molar-refractivity contribution in [3.05, 3.63) is 0 Å². The highest BCUT2D eigenvalue weighted by molar-refractivity contribution is 4.88. The average molecular weight is 268 g/mol. The van der Waals surface area contributed by atoms with Crippen LogP contribution in [-0.2, 0) is 0 Å². The summed E-state index contributed by atoms with van der Waals surface area (Å²) in [7, 11) is 2.30. The third-order valence-electron chi connectivity index (χ3n) is 4.26. The van der Waals surface area contributed by atoms with E-state index in [0.717, 1.165) is 19.0 Å². The lowest BCUT2D eigenvalue weighted by Gasteiger charge is -2.35. The van der Waals surface area contributed by atoms with Crippen molar-refractivity contribution in [3.63, 3.8) is 0 Å². The molecule has 0 aromatic rings. The van der Waals surface area contributed by atoms with Crippen molar-refractivity contribution in [1.82, 2.24) is 10.2 Å². The molecule has 0 unspecified atom stereocenters. The summed E-state index contributed by atoms with van der Waals surface area (Å²) >= 11 is 0. The van der Waals surface area contributed by atoms with Gasteiger partial charge >= 0.3 is 0 Å². The molecule has 0 aromatic carbocycles. The molecule has 1 aliphatic carbocycles. The van der Waals surface area contributed by atoms with Gasteiger partial charge in [0.1, 0.15) is 0 Å². The molecule has 1 fully saturated rings. The van der Waals surface area contributed by atoms with Gasteiger partial charge in [0, 0.05) is 25.2 Å². The van der Waals surface area contributed by atoms with Crippen LogP contribution in [-0.4, -0.2) is 37.1 Å². The second-order valence-electron chi connectivity index (χ2n) is 8.22. The zero-order valence-electron chi connectivity index (χ0n) is 14.2. The molecule has 2 nitrogen and oxygen atoms in total. The van der Waals surface area contributed by atoms with Gasteiger partial charge in [-0.05, 0) is 58.4 Å². The molecule has 1 aliphatic rings. The molecule has 19 heavy (non-hydrogen) atoms. The quantitative estimate of drug-likeness (QED) is 0.753. The van der Waals surface area contributed by atoms with E-state index in [1.54, 1.807) is 0 Å². The first-order valence-electron chi connectivity index (χ1n) is 8.16. The van der Waals surface area contributed by atoms with Crippen LogP contribution >= 0.6 is 0 Å². The molecule has 0 aromatic heterocycles. The van der Waals surface area contributed by atoms with Crippen LogP contribution in [0.25, 0.3) is 0 Å². The van der Waals surface area contributed by atoms with Gasteiger partial charge in [0.15, 0.2) is 0 Å². The molecule has 1 saturated carbocycles. The van der Waals surface area contributed by atoms with Crippen LogP contribution in [0.15, 0.2) is 0 Å². The highest BCUT2D eigenvalue weighted by atomic mass is 15.1. The van der Waals surface area contributed by atoms with Gasteiger partial charge in [0.2, 0.25) is 0 Å². The Balaban J connectivity index is 2.37. The summed E-state index contributed by atoms with van der Waals surface area (Å²) in [5.41, 5.74) is 0.856. The first-order valence-corrected chi connectivity index (χ1v) is 8.16. The fraction of sp³-hybridized carbons (Fsp3) is 1.00. The predicted octanol–water partition coefficient (Wildman–Crippen LogP) is 3.91. The van der Waals surface area contributed by atoms with Crippen LogP contribution < -0.4 is 5.32 Å². The maximum absolute atomic E-state index is 3.59. The van der Waals surface area contributed by atoms with E-state index in [-0.39, 0.29) is 5.54 Å². The van der Waals surface area contributed by atoms with Crippen molar-refractivity contribution in [2.45, 2.75) is 72.3 Å². The number of rotatable bonds is 7. The Kier molecular flexibility index (Phi) is 6.32. The van der Waals surface area contributed by atoms with Gasteiger partial charge in [-0.3, -0.25) is 0 Å². The van der Waals surface area contributed by atoms with E-state index in [4.69, 9.17) is 0 Å². The molecule has 0 heterocycles. The summed E-state index contributed by atoms with van der Waals surface area (Å²) in [6.07, 6.45) is 7.19. The Morgan fingerprint density at radius 1 is 1.16 bits per heavy atom. The largest absolute Gasteiger partial charge is 0.311 e. The summed E-state index contributed by atoms with van der Waals surface area (Å²) in [6, 6.07) is 0. The van der Waals surface area contributed by atoms with Crippen LogP contribution in [0, 0.1) is 11.3 Å². The molecule has 0 radical (unpaired) electrons. The molecule has 1 N–H and O–H groups in total. The SMILES string of the molecule is CC(C)CC1(CN(C)CCNC(C)(C)C)CCCC1. The third-order valence-corrected chi connectivity index (χ3v) is 4.26. The molecule has 0 bridgehead atoms. The Hall–Kier alpha value is -0.0800. The van der Waals surface area contributed by atoms with E-state index in [1.807, 2.05) is 0 Å². The van der Waals surface area contributed by atoms with E-state index in [2.05, 4.69) is 51.9 Å². The van der Waals surface area contributed by atoms with Gasteiger partial charge in [-0.15, -0.1) is 0 Å². The normalized spacial score (nSPS) is 19.6. The molecule has 0 amide bonds. The monoisotopic (exact) mass is 268 g/mol. The molecule has 0 saturated heterocycles. The summed E-state index contributed by atoms with van der Waals surface area (Å²) < 4.78 is 0. The summed E-state index contributed by atoms with van der Waals surface area (Å²) in [5, 5.41) is 3.59. The van der Waals surface area contributed by atoms with Gasteiger partial charge in [-0.25, -0.2) is 0 Å². The van der Waals surface area contributed by atoms with Gasteiger partial charge in [0.05, 0.1) is 0 Å². The van der Waals surface area contributed by atoms with Crippen molar-refractivity contribution in [2.75, 3.05) is 26.7 Å². The Labute approximate surface area is 121 Å². The fourth-order valence-corrected chi connectivity index (χ4v) is 3.69. The third kappa shape index (κ3) is 6.76. The van der Waals surface area contributed by atoms with E-state index in [9.17, 15) is 0 Å². The second kappa shape index (κ2) is 7.08. The van der Waals surface area contributed by atoms with E-state index >= 15 is 0 Å². The zero-order chi connectivity index (χ0) is 14.5. The van der Waals surface area contributed by atoms with Crippen LogP contribution in [0.3, 0.4) is 0 Å². The molecule has 0 aliphatic heterocycles. The van der Waals surface area contributed by atoms with E-state index in [1.165, 1.54) is 38.6 Å². The zero-order valence-corrected chi connectivity index (χ0v) is 14.2. The second-order valence-corrected chi connectivity index (χ2v) is 8.22. The maximum Gasteiger partial charge on any atom is 0.0104 e. The number of hydrogen-bond donors (Lipinski definition) is 1. The van der Waals surface area contributed by atoms with Gasteiger partial charge in [-0.2, -0.15) is 0 Å². The Morgan fingerprint density at radius 2 is 1.74 bits per heavy atom.